The first-order valence-corrected chi connectivity index (χ1v) is 15.4. The SMILES string of the molecule is CCCCC1CCCN(CC(CC(=O)CCCCCC(=O)c2ccc(O)cc2)Cc2ccc3c(c2)OCCO3)C1. The van der Waals surface area contributed by atoms with Gasteiger partial charge in [-0.15, -0.1) is 0 Å². The Morgan fingerprint density at radius 3 is 2.55 bits per heavy atom. The summed E-state index contributed by atoms with van der Waals surface area (Å²) in [4.78, 5) is 28.1. The molecule has 2 aliphatic rings. The number of carbonyl (C=O) groups excluding carboxylic acids is 2. The molecule has 0 amide bonds. The molecule has 0 aromatic heterocycles. The summed E-state index contributed by atoms with van der Waals surface area (Å²) in [6.45, 7) is 6.67. The van der Waals surface area contributed by atoms with Gasteiger partial charge in [-0.1, -0.05) is 32.3 Å². The third-order valence-electron chi connectivity index (χ3n) is 8.28. The lowest BCUT2D eigenvalue weighted by Gasteiger charge is -2.35. The highest BCUT2D eigenvalue weighted by Crippen LogP contribution is 2.32. The number of unbranched alkanes of at least 4 members (excludes halogenated alkanes) is 3. The fraction of sp³-hybridized carbons (Fsp3) is 0.588. The van der Waals surface area contributed by atoms with Crippen LogP contribution in [0, 0.1) is 11.8 Å². The summed E-state index contributed by atoms with van der Waals surface area (Å²) in [6.07, 6.45) is 11.4. The summed E-state index contributed by atoms with van der Waals surface area (Å²) in [6, 6.07) is 12.6. The number of hydrogen-bond acceptors (Lipinski definition) is 6. The molecule has 0 aliphatic carbocycles. The first-order valence-electron chi connectivity index (χ1n) is 15.4. The summed E-state index contributed by atoms with van der Waals surface area (Å²) in [5.74, 6) is 3.25. The molecule has 218 valence electrons. The van der Waals surface area contributed by atoms with Gasteiger partial charge in [0.05, 0.1) is 0 Å². The summed E-state index contributed by atoms with van der Waals surface area (Å²) in [5, 5.41) is 9.41. The zero-order chi connectivity index (χ0) is 28.2. The maximum atomic E-state index is 13.1. The van der Waals surface area contributed by atoms with Crippen LogP contribution in [0.3, 0.4) is 0 Å². The van der Waals surface area contributed by atoms with E-state index in [9.17, 15) is 14.7 Å². The van der Waals surface area contributed by atoms with Crippen molar-refractivity contribution in [2.24, 2.45) is 11.8 Å². The van der Waals surface area contributed by atoms with Crippen LogP contribution in [-0.2, 0) is 11.2 Å². The number of hydrogen-bond donors (Lipinski definition) is 1. The zero-order valence-corrected chi connectivity index (χ0v) is 24.2. The fourth-order valence-corrected chi connectivity index (χ4v) is 6.16. The molecule has 2 unspecified atom stereocenters. The second-order valence-electron chi connectivity index (χ2n) is 11.7. The van der Waals surface area contributed by atoms with E-state index in [1.165, 1.54) is 37.7 Å². The number of phenols is 1. The maximum Gasteiger partial charge on any atom is 0.162 e. The van der Waals surface area contributed by atoms with Gasteiger partial charge in [0.1, 0.15) is 24.7 Å². The maximum absolute atomic E-state index is 13.1. The molecule has 2 heterocycles. The van der Waals surface area contributed by atoms with Gasteiger partial charge in [0.25, 0.3) is 0 Å². The summed E-state index contributed by atoms with van der Waals surface area (Å²) >= 11 is 0. The van der Waals surface area contributed by atoms with Gasteiger partial charge in [0.15, 0.2) is 17.3 Å². The van der Waals surface area contributed by atoms with Crippen LogP contribution >= 0.6 is 0 Å². The van der Waals surface area contributed by atoms with E-state index in [1.54, 1.807) is 24.3 Å². The van der Waals surface area contributed by atoms with Crippen molar-refractivity contribution in [3.05, 3.63) is 53.6 Å². The Labute approximate surface area is 240 Å². The first kappa shape index (κ1) is 30.1. The lowest BCUT2D eigenvalue weighted by atomic mass is 9.89. The largest absolute Gasteiger partial charge is 0.508 e. The second-order valence-corrected chi connectivity index (χ2v) is 11.7. The molecule has 0 bridgehead atoms. The Balaban J connectivity index is 1.27. The first-order chi connectivity index (χ1) is 19.5. The molecular weight excluding hydrogens is 502 g/mol. The standard InChI is InChI=1S/C34H47NO5/c1-2-3-8-26-9-7-18-35(24-26)25-28(21-27-12-17-33-34(23-27)40-20-19-39-33)22-31(37)10-5-4-6-11-32(38)29-13-15-30(36)16-14-29/h12-17,23,26,28,36H,2-11,18-22,24-25H2,1H3. The van der Waals surface area contributed by atoms with E-state index in [0.29, 0.717) is 43.8 Å². The molecular formula is C34H47NO5. The van der Waals surface area contributed by atoms with Gasteiger partial charge in [-0.25, -0.2) is 0 Å². The molecule has 1 fully saturated rings. The number of fused-ring (bicyclic) bond motifs is 1. The summed E-state index contributed by atoms with van der Waals surface area (Å²) < 4.78 is 11.5. The van der Waals surface area contributed by atoms with Crippen molar-refractivity contribution in [2.45, 2.75) is 84.0 Å². The minimum atomic E-state index is 0.0876. The van der Waals surface area contributed by atoms with Gasteiger partial charge in [0.2, 0.25) is 0 Å². The molecule has 2 aromatic rings. The van der Waals surface area contributed by atoms with Crippen molar-refractivity contribution >= 4 is 11.6 Å². The number of carbonyl (C=O) groups is 2. The van der Waals surface area contributed by atoms with Gasteiger partial charge in [-0.3, -0.25) is 9.59 Å². The molecule has 0 saturated carbocycles. The summed E-state index contributed by atoms with van der Waals surface area (Å²) in [5.41, 5.74) is 1.83. The van der Waals surface area contributed by atoms with Crippen molar-refractivity contribution in [2.75, 3.05) is 32.8 Å². The third kappa shape index (κ3) is 9.65. The Kier molecular flexibility index (Phi) is 11.9. The van der Waals surface area contributed by atoms with Crippen molar-refractivity contribution in [3.63, 3.8) is 0 Å². The van der Waals surface area contributed by atoms with Crippen LogP contribution in [-0.4, -0.2) is 54.4 Å². The number of ketones is 2. The van der Waals surface area contributed by atoms with Crippen molar-refractivity contribution in [1.82, 2.24) is 4.90 Å². The Morgan fingerprint density at radius 1 is 0.975 bits per heavy atom. The quantitative estimate of drug-likeness (QED) is 0.179. The number of aromatic hydroxyl groups is 1. The van der Waals surface area contributed by atoms with E-state index in [4.69, 9.17) is 9.47 Å². The topological polar surface area (TPSA) is 76.1 Å². The predicted molar refractivity (Wildman–Crippen MR) is 158 cm³/mol. The molecule has 6 nitrogen and oxygen atoms in total. The number of nitrogens with zero attached hydrogens (tertiary/aromatic N) is 1. The number of rotatable bonds is 16. The molecule has 2 atom stereocenters. The molecule has 2 aliphatic heterocycles. The fourth-order valence-electron chi connectivity index (χ4n) is 6.16. The molecule has 6 heteroatoms. The summed E-state index contributed by atoms with van der Waals surface area (Å²) in [7, 11) is 0. The Morgan fingerprint density at radius 2 is 1.75 bits per heavy atom. The zero-order valence-electron chi connectivity index (χ0n) is 24.2. The molecule has 0 radical (unpaired) electrons. The van der Waals surface area contributed by atoms with E-state index in [2.05, 4.69) is 24.0 Å². The van der Waals surface area contributed by atoms with Crippen molar-refractivity contribution in [3.8, 4) is 17.2 Å². The average Bonchev–Trinajstić information content (AvgIpc) is 2.96. The van der Waals surface area contributed by atoms with E-state index >= 15 is 0 Å². The minimum Gasteiger partial charge on any atom is -0.508 e. The van der Waals surface area contributed by atoms with E-state index in [1.807, 2.05) is 6.07 Å². The smallest absolute Gasteiger partial charge is 0.162 e. The van der Waals surface area contributed by atoms with Crippen LogP contribution in [0.25, 0.3) is 0 Å². The Hall–Kier alpha value is -2.86. The normalized spacial score (nSPS) is 17.9. The van der Waals surface area contributed by atoms with Crippen LogP contribution in [0.5, 0.6) is 17.2 Å². The van der Waals surface area contributed by atoms with Gasteiger partial charge >= 0.3 is 0 Å². The number of piperidine rings is 1. The lowest BCUT2D eigenvalue weighted by Crippen LogP contribution is -2.39. The van der Waals surface area contributed by atoms with Crippen LogP contribution in [0.1, 0.15) is 93.5 Å². The molecule has 2 aromatic carbocycles. The van der Waals surface area contributed by atoms with Crippen molar-refractivity contribution in [1.29, 1.82) is 0 Å². The Bertz CT molecular complexity index is 1080. The third-order valence-corrected chi connectivity index (χ3v) is 8.28. The van der Waals surface area contributed by atoms with E-state index < -0.39 is 0 Å². The molecule has 1 saturated heterocycles. The van der Waals surface area contributed by atoms with Crippen LogP contribution in [0.4, 0.5) is 0 Å². The minimum absolute atomic E-state index is 0.0876. The molecule has 40 heavy (non-hydrogen) atoms. The predicted octanol–water partition coefficient (Wildman–Crippen LogP) is 7.02. The highest BCUT2D eigenvalue weighted by atomic mass is 16.6. The molecule has 1 N–H and O–H groups in total. The van der Waals surface area contributed by atoms with Gasteiger partial charge in [-0.2, -0.15) is 0 Å². The number of phenolic OH excluding ortho intramolecular Hbond substituents is 1. The number of Topliss-reactive ketones (excluding diaryl/α,β-unsaturated/α-hetero) is 2. The van der Waals surface area contributed by atoms with Crippen LogP contribution < -0.4 is 9.47 Å². The van der Waals surface area contributed by atoms with E-state index in [0.717, 1.165) is 62.7 Å². The number of benzene rings is 2. The highest BCUT2D eigenvalue weighted by Gasteiger charge is 2.24. The van der Waals surface area contributed by atoms with Gasteiger partial charge in [0, 0.05) is 37.9 Å². The van der Waals surface area contributed by atoms with Gasteiger partial charge < -0.3 is 19.5 Å². The molecule has 0 spiro atoms. The second kappa shape index (κ2) is 15.8. The van der Waals surface area contributed by atoms with E-state index in [-0.39, 0.29) is 17.5 Å². The average molecular weight is 550 g/mol. The molecule has 4 rings (SSSR count). The van der Waals surface area contributed by atoms with Gasteiger partial charge in [-0.05, 0) is 98.9 Å². The van der Waals surface area contributed by atoms with Crippen LogP contribution in [0.2, 0.25) is 0 Å². The van der Waals surface area contributed by atoms with Crippen molar-refractivity contribution < 1.29 is 24.2 Å². The monoisotopic (exact) mass is 549 g/mol. The lowest BCUT2D eigenvalue weighted by molar-refractivity contribution is -0.120. The van der Waals surface area contributed by atoms with Crippen LogP contribution in [0.15, 0.2) is 42.5 Å². The number of ether oxygens (including phenoxy) is 2. The number of likely N-dealkylation sites (tertiary alicyclic amines) is 1. The highest BCUT2D eigenvalue weighted by molar-refractivity contribution is 5.96.